The highest BCUT2D eigenvalue weighted by Gasteiger charge is 2.13. The highest BCUT2D eigenvalue weighted by atomic mass is 35.5. The van der Waals surface area contributed by atoms with Crippen LogP contribution in [-0.4, -0.2) is 5.91 Å². The van der Waals surface area contributed by atoms with Crippen LogP contribution in [0.2, 0.25) is 0 Å². The molecule has 3 nitrogen and oxygen atoms in total. The molecule has 1 N–H and O–H groups in total. The monoisotopic (exact) mass is 299 g/mol. The molecule has 1 aromatic heterocycles. The second-order valence-corrected chi connectivity index (χ2v) is 5.16. The molecule has 3 rings (SSSR count). The number of furan rings is 1. The number of aryl methyl sites for hydroxylation is 1. The predicted octanol–water partition coefficient (Wildman–Crippen LogP) is 4.73. The Morgan fingerprint density at radius 1 is 1.19 bits per heavy atom. The molecule has 0 aliphatic rings. The lowest BCUT2D eigenvalue weighted by atomic mass is 10.2. The first-order valence-corrected chi connectivity index (χ1v) is 7.16. The van der Waals surface area contributed by atoms with Crippen molar-refractivity contribution in [2.75, 3.05) is 5.32 Å². The molecule has 0 bridgehead atoms. The highest BCUT2D eigenvalue weighted by molar-refractivity contribution is 6.17. The van der Waals surface area contributed by atoms with Crippen molar-refractivity contribution in [1.82, 2.24) is 0 Å². The Morgan fingerprint density at radius 3 is 2.81 bits per heavy atom. The number of hydrogen-bond acceptors (Lipinski definition) is 2. The van der Waals surface area contributed by atoms with Gasteiger partial charge in [0.15, 0.2) is 5.76 Å². The first-order chi connectivity index (χ1) is 10.2. The largest absolute Gasteiger partial charge is 0.451 e. The van der Waals surface area contributed by atoms with Crippen LogP contribution in [0.5, 0.6) is 0 Å². The lowest BCUT2D eigenvalue weighted by Gasteiger charge is -2.07. The van der Waals surface area contributed by atoms with Crippen LogP contribution < -0.4 is 5.32 Å². The number of para-hydroxylation sites is 1. The maximum absolute atomic E-state index is 12.3. The van der Waals surface area contributed by atoms with Crippen molar-refractivity contribution in [2.24, 2.45) is 0 Å². The fourth-order valence-electron chi connectivity index (χ4n) is 2.22. The van der Waals surface area contributed by atoms with E-state index in [0.29, 0.717) is 22.9 Å². The van der Waals surface area contributed by atoms with Gasteiger partial charge in [-0.15, -0.1) is 11.6 Å². The van der Waals surface area contributed by atoms with Crippen molar-refractivity contribution in [3.05, 3.63) is 65.4 Å². The minimum Gasteiger partial charge on any atom is -0.451 e. The molecule has 0 spiro atoms. The van der Waals surface area contributed by atoms with E-state index in [4.69, 9.17) is 16.0 Å². The predicted molar refractivity (Wildman–Crippen MR) is 84.9 cm³/mol. The van der Waals surface area contributed by atoms with E-state index in [0.717, 1.165) is 16.5 Å². The molecule has 0 radical (unpaired) electrons. The number of halogens is 1. The quantitative estimate of drug-likeness (QED) is 0.710. The highest BCUT2D eigenvalue weighted by Crippen LogP contribution is 2.23. The second kappa shape index (κ2) is 5.62. The topological polar surface area (TPSA) is 42.2 Å². The number of anilines is 1. The van der Waals surface area contributed by atoms with Gasteiger partial charge in [0.25, 0.3) is 5.91 Å². The van der Waals surface area contributed by atoms with Crippen LogP contribution in [0.1, 0.15) is 21.7 Å². The zero-order chi connectivity index (χ0) is 14.8. The Balaban J connectivity index is 1.90. The molecule has 0 saturated heterocycles. The summed E-state index contributed by atoms with van der Waals surface area (Å²) in [5, 5.41) is 3.76. The fourth-order valence-corrected chi connectivity index (χ4v) is 2.45. The number of alkyl halides is 1. The standard InChI is InChI=1S/C17H14ClNO2/c1-11-6-7-15-13(8-11)9-16(21-15)17(20)19-14-5-3-2-4-12(14)10-18/h2-9H,10H2,1H3,(H,19,20). The van der Waals surface area contributed by atoms with Gasteiger partial charge in [-0.25, -0.2) is 0 Å². The number of carbonyl (C=O) groups is 1. The Morgan fingerprint density at radius 2 is 2.00 bits per heavy atom. The zero-order valence-electron chi connectivity index (χ0n) is 11.5. The molecule has 1 amide bonds. The minimum atomic E-state index is -0.276. The van der Waals surface area contributed by atoms with Crippen molar-refractivity contribution in [2.45, 2.75) is 12.8 Å². The average molecular weight is 300 g/mol. The molecule has 106 valence electrons. The van der Waals surface area contributed by atoms with Crippen molar-refractivity contribution in [3.63, 3.8) is 0 Å². The third-order valence-corrected chi connectivity index (χ3v) is 3.59. The molecule has 1 heterocycles. The molecule has 0 unspecified atom stereocenters. The zero-order valence-corrected chi connectivity index (χ0v) is 12.3. The van der Waals surface area contributed by atoms with E-state index in [1.807, 2.05) is 49.4 Å². The Labute approximate surface area is 127 Å². The van der Waals surface area contributed by atoms with Crippen molar-refractivity contribution < 1.29 is 9.21 Å². The number of nitrogens with one attached hydrogen (secondary N) is 1. The number of hydrogen-bond donors (Lipinski definition) is 1. The summed E-state index contributed by atoms with van der Waals surface area (Å²) in [5.41, 5.74) is 3.41. The van der Waals surface area contributed by atoms with Crippen LogP contribution >= 0.6 is 11.6 Å². The lowest BCUT2D eigenvalue weighted by Crippen LogP contribution is -2.12. The Bertz CT molecular complexity index is 807. The van der Waals surface area contributed by atoms with E-state index in [-0.39, 0.29) is 5.91 Å². The summed E-state index contributed by atoms with van der Waals surface area (Å²) in [6.45, 7) is 2.00. The Hall–Kier alpha value is -2.26. The van der Waals surface area contributed by atoms with E-state index in [1.165, 1.54) is 0 Å². The summed E-state index contributed by atoms with van der Waals surface area (Å²) in [7, 11) is 0. The van der Waals surface area contributed by atoms with Crippen molar-refractivity contribution >= 4 is 34.2 Å². The molecule has 2 aromatic carbocycles. The number of rotatable bonds is 3. The van der Waals surface area contributed by atoms with E-state index >= 15 is 0 Å². The molecule has 0 aliphatic heterocycles. The lowest BCUT2D eigenvalue weighted by molar-refractivity contribution is 0.0998. The van der Waals surface area contributed by atoms with Crippen LogP contribution in [0.15, 0.2) is 52.9 Å². The summed E-state index contributed by atoms with van der Waals surface area (Å²) in [5.74, 6) is 0.358. The third-order valence-electron chi connectivity index (χ3n) is 3.31. The molecule has 4 heteroatoms. The molecule has 0 fully saturated rings. The van der Waals surface area contributed by atoms with E-state index in [2.05, 4.69) is 5.32 Å². The second-order valence-electron chi connectivity index (χ2n) is 4.90. The van der Waals surface area contributed by atoms with Gasteiger partial charge >= 0.3 is 0 Å². The number of fused-ring (bicyclic) bond motifs is 1. The van der Waals surface area contributed by atoms with Gasteiger partial charge in [-0.05, 0) is 36.8 Å². The molecule has 3 aromatic rings. The number of amides is 1. The molecule has 21 heavy (non-hydrogen) atoms. The van der Waals surface area contributed by atoms with Gasteiger partial charge in [-0.1, -0.05) is 29.8 Å². The van der Waals surface area contributed by atoms with Crippen LogP contribution in [0.25, 0.3) is 11.0 Å². The van der Waals surface area contributed by atoms with Crippen LogP contribution in [-0.2, 0) is 5.88 Å². The van der Waals surface area contributed by atoms with Gasteiger partial charge in [0.1, 0.15) is 5.58 Å². The van der Waals surface area contributed by atoms with Crippen molar-refractivity contribution in [3.8, 4) is 0 Å². The SMILES string of the molecule is Cc1ccc2oc(C(=O)Nc3ccccc3CCl)cc2c1. The number of carbonyl (C=O) groups excluding carboxylic acids is 1. The molecule has 0 atom stereocenters. The van der Waals surface area contributed by atoms with Crippen LogP contribution in [0.4, 0.5) is 5.69 Å². The first-order valence-electron chi connectivity index (χ1n) is 6.63. The van der Waals surface area contributed by atoms with Crippen LogP contribution in [0.3, 0.4) is 0 Å². The summed E-state index contributed by atoms with van der Waals surface area (Å²) in [6, 6.07) is 15.0. The maximum Gasteiger partial charge on any atom is 0.291 e. The number of benzene rings is 2. The van der Waals surface area contributed by atoms with Gasteiger partial charge in [-0.3, -0.25) is 4.79 Å². The van der Waals surface area contributed by atoms with Gasteiger partial charge < -0.3 is 9.73 Å². The molecule has 0 aliphatic carbocycles. The Kier molecular flexibility index (Phi) is 3.67. The summed E-state index contributed by atoms with van der Waals surface area (Å²) >= 11 is 5.87. The summed E-state index contributed by atoms with van der Waals surface area (Å²) < 4.78 is 5.59. The molecular formula is C17H14ClNO2. The van der Waals surface area contributed by atoms with E-state index in [9.17, 15) is 4.79 Å². The average Bonchev–Trinajstić information content (AvgIpc) is 2.91. The molecule has 0 saturated carbocycles. The fraction of sp³-hybridized carbons (Fsp3) is 0.118. The summed E-state index contributed by atoms with van der Waals surface area (Å²) in [6.07, 6.45) is 0. The van der Waals surface area contributed by atoms with Crippen LogP contribution in [0, 0.1) is 6.92 Å². The first kappa shape index (κ1) is 13.7. The van der Waals surface area contributed by atoms with E-state index in [1.54, 1.807) is 6.07 Å². The van der Waals surface area contributed by atoms with E-state index < -0.39 is 0 Å². The minimum absolute atomic E-state index is 0.276. The van der Waals surface area contributed by atoms with Gasteiger partial charge in [0.05, 0.1) is 0 Å². The maximum atomic E-state index is 12.3. The van der Waals surface area contributed by atoms with Crippen molar-refractivity contribution in [1.29, 1.82) is 0 Å². The smallest absolute Gasteiger partial charge is 0.291 e. The van der Waals surface area contributed by atoms with Gasteiger partial charge in [-0.2, -0.15) is 0 Å². The normalized spacial score (nSPS) is 10.8. The third kappa shape index (κ3) is 2.78. The van der Waals surface area contributed by atoms with Gasteiger partial charge in [0.2, 0.25) is 0 Å². The molecular weight excluding hydrogens is 286 g/mol. The van der Waals surface area contributed by atoms with Gasteiger partial charge in [0, 0.05) is 17.0 Å². The summed E-state index contributed by atoms with van der Waals surface area (Å²) in [4.78, 5) is 12.3.